The third-order valence-electron chi connectivity index (χ3n) is 3.99. The third-order valence-corrected chi connectivity index (χ3v) is 5.60. The van der Waals surface area contributed by atoms with Gasteiger partial charge in [-0.15, -0.1) is 11.3 Å². The molecule has 0 aromatic carbocycles. The summed E-state index contributed by atoms with van der Waals surface area (Å²) >= 11 is 4.93. The largest absolute Gasteiger partial charge is 0.337 e. The number of thiophene rings is 1. The van der Waals surface area contributed by atoms with Crippen LogP contribution in [0.5, 0.6) is 0 Å². The zero-order valence-corrected chi connectivity index (χ0v) is 15.6. The van der Waals surface area contributed by atoms with Crippen LogP contribution in [0.2, 0.25) is 0 Å². The molecule has 2 aromatic heterocycles. The molecule has 2 aromatic rings. The van der Waals surface area contributed by atoms with E-state index in [1.165, 1.54) is 11.3 Å². The molecule has 0 saturated carbocycles. The summed E-state index contributed by atoms with van der Waals surface area (Å²) in [5.41, 5.74) is 2.16. The second-order valence-electron chi connectivity index (χ2n) is 5.80. The molecule has 0 atom stereocenters. The van der Waals surface area contributed by atoms with Gasteiger partial charge in [0.15, 0.2) is 0 Å². The minimum atomic E-state index is 0.149. The summed E-state index contributed by atoms with van der Waals surface area (Å²) in [4.78, 5) is 22.3. The highest BCUT2D eigenvalue weighted by Gasteiger charge is 2.21. The minimum Gasteiger partial charge on any atom is -0.337 e. The van der Waals surface area contributed by atoms with Crippen molar-refractivity contribution in [1.82, 2.24) is 14.8 Å². The van der Waals surface area contributed by atoms with Crippen LogP contribution >= 0.6 is 27.3 Å². The summed E-state index contributed by atoms with van der Waals surface area (Å²) in [5.74, 6) is 0.149. The number of pyridine rings is 1. The number of hydrogen-bond donors (Lipinski definition) is 0. The molecule has 0 radical (unpaired) electrons. The first-order valence-electron chi connectivity index (χ1n) is 7.81. The second kappa shape index (κ2) is 7.55. The molecular weight excluding hydrogens is 374 g/mol. The van der Waals surface area contributed by atoms with Crippen molar-refractivity contribution in [2.45, 2.75) is 19.9 Å². The standard InChI is InChI=1S/C17H20BrN3OS/c1-13-4-2-5-14(19-13)12-20-8-3-9-21(11-10-20)17(22)15-6-7-16(18)23-15/h2,4-7H,3,8-12H2,1H3. The number of amides is 1. The molecule has 0 N–H and O–H groups in total. The number of rotatable bonds is 3. The van der Waals surface area contributed by atoms with E-state index in [9.17, 15) is 4.79 Å². The lowest BCUT2D eigenvalue weighted by Gasteiger charge is -2.21. The van der Waals surface area contributed by atoms with E-state index in [1.807, 2.05) is 30.0 Å². The molecule has 1 amide bonds. The molecule has 0 bridgehead atoms. The fraction of sp³-hybridized carbons (Fsp3) is 0.412. The molecule has 23 heavy (non-hydrogen) atoms. The Morgan fingerprint density at radius 3 is 2.83 bits per heavy atom. The zero-order valence-electron chi connectivity index (χ0n) is 13.2. The second-order valence-corrected chi connectivity index (χ2v) is 8.26. The van der Waals surface area contributed by atoms with Crippen molar-refractivity contribution in [1.29, 1.82) is 0 Å². The van der Waals surface area contributed by atoms with Crippen molar-refractivity contribution in [2.75, 3.05) is 26.2 Å². The van der Waals surface area contributed by atoms with Gasteiger partial charge in [0, 0.05) is 38.4 Å². The number of halogens is 1. The Labute approximate surface area is 149 Å². The minimum absolute atomic E-state index is 0.149. The van der Waals surface area contributed by atoms with E-state index in [-0.39, 0.29) is 5.91 Å². The lowest BCUT2D eigenvalue weighted by atomic mass is 10.3. The topological polar surface area (TPSA) is 36.4 Å². The van der Waals surface area contributed by atoms with E-state index < -0.39 is 0 Å². The number of hydrogen-bond acceptors (Lipinski definition) is 4. The third kappa shape index (κ3) is 4.40. The summed E-state index contributed by atoms with van der Waals surface area (Å²) in [7, 11) is 0. The van der Waals surface area contributed by atoms with E-state index in [0.717, 1.165) is 59.2 Å². The smallest absolute Gasteiger partial charge is 0.264 e. The molecule has 0 aliphatic carbocycles. The monoisotopic (exact) mass is 393 g/mol. The van der Waals surface area contributed by atoms with Crippen molar-refractivity contribution in [3.05, 3.63) is 50.4 Å². The summed E-state index contributed by atoms with van der Waals surface area (Å²) in [6.45, 7) is 6.38. The van der Waals surface area contributed by atoms with E-state index in [0.29, 0.717) is 0 Å². The molecule has 4 nitrogen and oxygen atoms in total. The van der Waals surface area contributed by atoms with Gasteiger partial charge in [0.2, 0.25) is 0 Å². The maximum Gasteiger partial charge on any atom is 0.264 e. The Balaban J connectivity index is 1.60. The number of nitrogens with zero attached hydrogens (tertiary/aromatic N) is 3. The highest BCUT2D eigenvalue weighted by Crippen LogP contribution is 2.23. The van der Waals surface area contributed by atoms with Crippen molar-refractivity contribution in [3.63, 3.8) is 0 Å². The quantitative estimate of drug-likeness (QED) is 0.799. The van der Waals surface area contributed by atoms with Gasteiger partial charge in [-0.2, -0.15) is 0 Å². The fourth-order valence-electron chi connectivity index (χ4n) is 2.83. The molecule has 1 aliphatic heterocycles. The van der Waals surface area contributed by atoms with Crippen molar-refractivity contribution >= 4 is 33.2 Å². The van der Waals surface area contributed by atoms with Crippen molar-refractivity contribution < 1.29 is 4.79 Å². The molecule has 0 unspecified atom stereocenters. The molecule has 1 aliphatic rings. The Morgan fingerprint density at radius 2 is 2.09 bits per heavy atom. The first kappa shape index (κ1) is 16.6. The van der Waals surface area contributed by atoms with Gasteiger partial charge < -0.3 is 4.90 Å². The number of carbonyl (C=O) groups excluding carboxylic acids is 1. The van der Waals surface area contributed by atoms with Gasteiger partial charge in [-0.3, -0.25) is 14.7 Å². The SMILES string of the molecule is Cc1cccc(CN2CCCN(C(=O)c3ccc(Br)s3)CC2)n1. The predicted molar refractivity (Wildman–Crippen MR) is 96.8 cm³/mol. The van der Waals surface area contributed by atoms with Crippen molar-refractivity contribution in [2.24, 2.45) is 0 Å². The summed E-state index contributed by atoms with van der Waals surface area (Å²) in [5, 5.41) is 0. The zero-order chi connectivity index (χ0) is 16.2. The highest BCUT2D eigenvalue weighted by atomic mass is 79.9. The van der Waals surface area contributed by atoms with Crippen LogP contribution in [-0.2, 0) is 6.54 Å². The molecule has 1 fully saturated rings. The van der Waals surface area contributed by atoms with Crippen molar-refractivity contribution in [3.8, 4) is 0 Å². The predicted octanol–water partition coefficient (Wildman–Crippen LogP) is 3.56. The van der Waals surface area contributed by atoms with Crippen LogP contribution in [0.3, 0.4) is 0 Å². The van der Waals surface area contributed by atoms with Crippen LogP contribution in [-0.4, -0.2) is 46.9 Å². The van der Waals surface area contributed by atoms with Gasteiger partial charge in [-0.25, -0.2) is 0 Å². The van der Waals surface area contributed by atoms with E-state index >= 15 is 0 Å². The molecular formula is C17H20BrN3OS. The normalized spacial score (nSPS) is 16.3. The van der Waals surface area contributed by atoms with Gasteiger partial charge in [0.1, 0.15) is 0 Å². The molecule has 122 valence electrons. The van der Waals surface area contributed by atoms with Gasteiger partial charge in [-0.05, 0) is 53.5 Å². The van der Waals surface area contributed by atoms with Crippen LogP contribution in [0, 0.1) is 6.92 Å². The van der Waals surface area contributed by atoms with Crippen LogP contribution in [0.1, 0.15) is 27.5 Å². The van der Waals surface area contributed by atoms with Crippen LogP contribution < -0.4 is 0 Å². The first-order chi connectivity index (χ1) is 11.1. The number of aryl methyl sites for hydroxylation is 1. The van der Waals surface area contributed by atoms with Crippen LogP contribution in [0.25, 0.3) is 0 Å². The fourth-order valence-corrected chi connectivity index (χ4v) is 4.19. The Morgan fingerprint density at radius 1 is 1.22 bits per heavy atom. The number of carbonyl (C=O) groups is 1. The molecule has 0 spiro atoms. The Kier molecular flexibility index (Phi) is 5.46. The lowest BCUT2D eigenvalue weighted by molar-refractivity contribution is 0.0766. The Bertz CT molecular complexity index is 688. The summed E-state index contributed by atoms with van der Waals surface area (Å²) in [6, 6.07) is 9.98. The number of aromatic nitrogens is 1. The lowest BCUT2D eigenvalue weighted by Crippen LogP contribution is -2.34. The van der Waals surface area contributed by atoms with Gasteiger partial charge >= 0.3 is 0 Å². The summed E-state index contributed by atoms with van der Waals surface area (Å²) < 4.78 is 1.00. The van der Waals surface area contributed by atoms with Gasteiger partial charge in [0.25, 0.3) is 5.91 Å². The molecule has 3 rings (SSSR count). The maximum absolute atomic E-state index is 12.6. The Hall–Kier alpha value is -1.24. The molecule has 6 heteroatoms. The highest BCUT2D eigenvalue weighted by molar-refractivity contribution is 9.11. The summed E-state index contributed by atoms with van der Waals surface area (Å²) in [6.07, 6.45) is 1.00. The van der Waals surface area contributed by atoms with E-state index in [4.69, 9.17) is 0 Å². The van der Waals surface area contributed by atoms with Crippen LogP contribution in [0.15, 0.2) is 34.1 Å². The van der Waals surface area contributed by atoms with E-state index in [2.05, 4.69) is 37.9 Å². The van der Waals surface area contributed by atoms with Crippen LogP contribution in [0.4, 0.5) is 0 Å². The average Bonchev–Trinajstić information content (AvgIpc) is 2.82. The van der Waals surface area contributed by atoms with Gasteiger partial charge in [-0.1, -0.05) is 6.07 Å². The maximum atomic E-state index is 12.6. The van der Waals surface area contributed by atoms with E-state index in [1.54, 1.807) is 0 Å². The molecule has 1 saturated heterocycles. The average molecular weight is 394 g/mol. The molecule has 3 heterocycles. The first-order valence-corrected chi connectivity index (χ1v) is 9.42. The van der Waals surface area contributed by atoms with Gasteiger partial charge in [0.05, 0.1) is 14.4 Å².